The van der Waals surface area contributed by atoms with E-state index in [1.54, 1.807) is 39.5 Å². The van der Waals surface area contributed by atoms with Crippen molar-refractivity contribution in [2.24, 2.45) is 4.99 Å². The summed E-state index contributed by atoms with van der Waals surface area (Å²) in [6.07, 6.45) is 15.6. The molecule has 2 aromatic carbocycles. The minimum atomic E-state index is -4.56. The molecular weight excluding hydrogens is 1150 g/mol. The smallest absolute Gasteiger partial charge is 0.303 e. The molecule has 25 heteroatoms. The number of unbranched alkanes of at least 4 members (excludes halogenated alkanes) is 2. The Balaban J connectivity index is 1.77. The minimum Gasteiger partial charge on any atom is -0.481 e. The van der Waals surface area contributed by atoms with Crippen LogP contribution >= 0.6 is 0 Å². The van der Waals surface area contributed by atoms with Crippen molar-refractivity contribution in [1.29, 1.82) is 0 Å². The second-order valence-corrected chi connectivity index (χ2v) is 22.6. The zero-order valence-corrected chi connectivity index (χ0v) is 52.0. The molecule has 0 aromatic heterocycles. The zero-order chi connectivity index (χ0) is 61.9. The summed E-state index contributed by atoms with van der Waals surface area (Å²) in [5, 5.41) is 9.19. The summed E-state index contributed by atoms with van der Waals surface area (Å²) >= 11 is 0. The highest BCUT2D eigenvalue weighted by atomic mass is 32.2. The number of carbonyl (C=O) groups is 1. The van der Waals surface area contributed by atoms with Crippen LogP contribution in [0.5, 0.6) is 0 Å². The number of hydrogen-bond donors (Lipinski definition) is 3. The van der Waals surface area contributed by atoms with Gasteiger partial charge in [-0.25, -0.2) is 0 Å². The van der Waals surface area contributed by atoms with Crippen molar-refractivity contribution in [3.63, 3.8) is 0 Å². The summed E-state index contributed by atoms with van der Waals surface area (Å²) in [7, 11) is -4.24. The van der Waals surface area contributed by atoms with Gasteiger partial charge in [0.25, 0.3) is 20.2 Å². The molecule has 0 saturated heterocycles. The van der Waals surface area contributed by atoms with Crippen LogP contribution in [0.4, 0.5) is 5.69 Å². The summed E-state index contributed by atoms with van der Waals surface area (Å²) in [6, 6.07) is 10.7. The molecule has 0 radical (unpaired) electrons. The highest BCUT2D eigenvalue weighted by Gasteiger charge is 2.44. The lowest BCUT2D eigenvalue weighted by atomic mass is 9.75. The molecule has 3 N–H and O–H groups in total. The van der Waals surface area contributed by atoms with Crippen molar-refractivity contribution >= 4 is 37.6 Å². The maximum Gasteiger partial charge on any atom is 0.303 e. The van der Waals surface area contributed by atoms with Crippen LogP contribution in [0.1, 0.15) is 63.5 Å². The van der Waals surface area contributed by atoms with E-state index in [-0.39, 0.29) is 29.4 Å². The number of benzene rings is 2. The van der Waals surface area contributed by atoms with E-state index in [1.165, 1.54) is 24.3 Å². The van der Waals surface area contributed by atoms with Crippen molar-refractivity contribution in [3.05, 3.63) is 102 Å². The van der Waals surface area contributed by atoms with Gasteiger partial charge < -0.3 is 71.6 Å². The third-order valence-electron chi connectivity index (χ3n) is 13.5. The summed E-state index contributed by atoms with van der Waals surface area (Å²) in [4.78, 5) is 17.8. The summed E-state index contributed by atoms with van der Waals surface area (Å²) in [6.45, 7) is 14.1. The van der Waals surface area contributed by atoms with Crippen molar-refractivity contribution in [1.82, 2.24) is 0 Å². The van der Waals surface area contributed by atoms with Crippen LogP contribution in [0.3, 0.4) is 0 Å². The predicted molar refractivity (Wildman–Crippen MR) is 322 cm³/mol. The molecule has 0 spiro atoms. The zero-order valence-electron chi connectivity index (χ0n) is 50.4. The van der Waals surface area contributed by atoms with Crippen LogP contribution in [-0.2, 0) is 97.4 Å². The second kappa shape index (κ2) is 44.1. The van der Waals surface area contributed by atoms with Crippen LogP contribution in [-0.4, -0.2) is 229 Å². The number of allylic oxidation sites excluding steroid dienone is 8. The fourth-order valence-electron chi connectivity index (χ4n) is 8.76. The Kier molecular flexibility index (Phi) is 38.9. The van der Waals surface area contributed by atoms with Gasteiger partial charge in [-0.15, -0.1) is 0 Å². The van der Waals surface area contributed by atoms with Crippen molar-refractivity contribution in [2.45, 2.75) is 73.0 Å². The number of aliphatic imine (C=N–C) groups is 1. The standard InChI is InChI=1S/C60H94N2O21S2/c1-59(51-15-14-16-52(49-51)84(65,66)67,22-26-74-33-35-78-41-43-82-47-45-80-39-37-76-31-29-72-4)56(61-24-13-9-12-19-58(63)64)17-10-7-6-8-11-18-57-60(2,54-50-53(85(68,69)70)20-21-55(54)62(57)25-28-71-3)23-27-75-34-36-79-42-44-83-48-46-81-40-38-77-32-30-73-5/h6-8,10-11,14-18,20-21,49-50H,9,12-13,19,22-48H2,1-5H3,(H,63,64)(H,65,66,67)(H,68,69,70)/b7-6+,11-8+,17-10+,57-18+,61-56+. The van der Waals surface area contributed by atoms with Gasteiger partial charge in [-0.05, 0) is 93.1 Å². The quantitative estimate of drug-likeness (QED) is 0.0267. The Morgan fingerprint density at radius 3 is 1.52 bits per heavy atom. The van der Waals surface area contributed by atoms with Gasteiger partial charge in [-0.1, -0.05) is 48.9 Å². The van der Waals surface area contributed by atoms with Crippen LogP contribution in [0.25, 0.3) is 0 Å². The topological polar surface area (TPSA) is 282 Å². The largest absolute Gasteiger partial charge is 0.481 e. The highest BCUT2D eigenvalue weighted by Crippen LogP contribution is 2.50. The maximum atomic E-state index is 12.4. The summed E-state index contributed by atoms with van der Waals surface area (Å²) in [5.41, 5.74) is 1.77. The Morgan fingerprint density at radius 2 is 1.02 bits per heavy atom. The van der Waals surface area contributed by atoms with Crippen LogP contribution < -0.4 is 4.90 Å². The Morgan fingerprint density at radius 1 is 0.565 bits per heavy atom. The van der Waals surface area contributed by atoms with E-state index in [2.05, 4.69) is 4.90 Å². The summed E-state index contributed by atoms with van der Waals surface area (Å²) in [5.74, 6) is -0.872. The molecule has 85 heavy (non-hydrogen) atoms. The molecule has 0 bridgehead atoms. The molecule has 23 nitrogen and oxygen atoms in total. The third-order valence-corrected chi connectivity index (χ3v) is 15.2. The van der Waals surface area contributed by atoms with E-state index in [1.807, 2.05) is 56.4 Å². The predicted octanol–water partition coefficient (Wildman–Crippen LogP) is 6.74. The van der Waals surface area contributed by atoms with E-state index in [0.29, 0.717) is 201 Å². The molecule has 0 fully saturated rings. The number of rotatable bonds is 53. The number of aliphatic carboxylic acids is 1. The fraction of sp³-hybridized carbons (Fsp3) is 0.633. The van der Waals surface area contributed by atoms with Gasteiger partial charge in [0.15, 0.2) is 0 Å². The molecule has 0 saturated carbocycles. The molecule has 3 rings (SSSR count). The van der Waals surface area contributed by atoms with Gasteiger partial charge in [0.2, 0.25) is 0 Å². The number of hydrogen-bond acceptors (Lipinski definition) is 20. The van der Waals surface area contributed by atoms with Gasteiger partial charge in [-0.2, -0.15) is 16.8 Å². The molecule has 482 valence electrons. The molecule has 1 aliphatic rings. The molecule has 1 aliphatic heterocycles. The van der Waals surface area contributed by atoms with Gasteiger partial charge in [0, 0.05) is 82.0 Å². The van der Waals surface area contributed by atoms with Crippen molar-refractivity contribution in [2.75, 3.05) is 191 Å². The van der Waals surface area contributed by atoms with Gasteiger partial charge >= 0.3 is 5.97 Å². The minimum absolute atomic E-state index is 0.0433. The van der Waals surface area contributed by atoms with E-state index in [0.717, 1.165) is 11.4 Å². The normalized spacial score (nSPS) is 16.2. The van der Waals surface area contributed by atoms with E-state index in [9.17, 15) is 35.8 Å². The first-order valence-electron chi connectivity index (χ1n) is 28.7. The number of carboxylic acids is 1. The first-order chi connectivity index (χ1) is 41.0. The third kappa shape index (κ3) is 30.4. The van der Waals surface area contributed by atoms with E-state index in [4.69, 9.17) is 66.6 Å². The van der Waals surface area contributed by atoms with E-state index >= 15 is 0 Å². The van der Waals surface area contributed by atoms with Gasteiger partial charge in [0.1, 0.15) is 0 Å². The first kappa shape index (κ1) is 74.9. The molecule has 2 aromatic rings. The highest BCUT2D eigenvalue weighted by molar-refractivity contribution is 7.86. The molecule has 0 aliphatic carbocycles. The van der Waals surface area contributed by atoms with Crippen molar-refractivity contribution in [3.8, 4) is 0 Å². The Hall–Kier alpha value is -4.36. The number of ether oxygens (including phenoxy) is 13. The Labute approximate surface area is 504 Å². The monoisotopic (exact) mass is 1240 g/mol. The lowest BCUT2D eigenvalue weighted by Gasteiger charge is -2.31. The van der Waals surface area contributed by atoms with Crippen molar-refractivity contribution < 1.29 is 97.4 Å². The average molecular weight is 1240 g/mol. The van der Waals surface area contributed by atoms with E-state index < -0.39 is 37.0 Å². The molecule has 1 heterocycles. The number of anilines is 1. The van der Waals surface area contributed by atoms with Crippen LogP contribution in [0.15, 0.2) is 105 Å². The number of nitrogens with zero attached hydrogens (tertiary/aromatic N) is 2. The van der Waals surface area contributed by atoms with Gasteiger partial charge in [-0.3, -0.25) is 18.9 Å². The fourth-order valence-corrected chi connectivity index (χ4v) is 9.79. The number of methoxy groups -OCH3 is 3. The summed E-state index contributed by atoms with van der Waals surface area (Å²) < 4.78 is 142. The Bertz CT molecular complexity index is 2540. The molecule has 0 amide bonds. The SMILES string of the molecule is COCCOCCOCCOCCOCCOCCC(C)(C(/C=C/C=C/C=C/C=C1/N(CCOC)c2ccc(S(=O)(=O)O)cc2C1(C)CCOCCOCCOCCOCCOCCOC)=N/CCCCCC(=O)O)c1cccc(S(=O)(=O)O)c1. The number of fused-ring (bicyclic) bond motifs is 1. The first-order valence-corrected chi connectivity index (χ1v) is 31.6. The lowest BCUT2D eigenvalue weighted by molar-refractivity contribution is -0.137. The average Bonchev–Trinajstić information content (AvgIpc) is 1.69. The molecular formula is C60H94N2O21S2. The number of carboxylic acid groups (broad SMARTS) is 1. The molecule has 2 atom stereocenters. The maximum absolute atomic E-state index is 12.4. The van der Waals surface area contributed by atoms with Crippen LogP contribution in [0.2, 0.25) is 0 Å². The molecule has 2 unspecified atom stereocenters. The second-order valence-electron chi connectivity index (χ2n) is 19.7. The van der Waals surface area contributed by atoms with Crippen LogP contribution in [0, 0.1) is 0 Å². The van der Waals surface area contributed by atoms with Gasteiger partial charge in [0.05, 0.1) is 149 Å². The lowest BCUT2D eigenvalue weighted by Crippen LogP contribution is -2.34.